The van der Waals surface area contributed by atoms with Crippen LogP contribution in [0.25, 0.3) is 0 Å². The van der Waals surface area contributed by atoms with E-state index in [1.165, 1.54) is 12.8 Å². The summed E-state index contributed by atoms with van der Waals surface area (Å²) in [5, 5.41) is 2.97. The fourth-order valence-corrected chi connectivity index (χ4v) is 1.78. The smallest absolute Gasteiger partial charge is 0.221 e. The second-order valence-corrected chi connectivity index (χ2v) is 5.89. The molecule has 100 valence electrons. The van der Waals surface area contributed by atoms with Gasteiger partial charge in [-0.25, -0.2) is 0 Å². The minimum absolute atomic E-state index is 0.0529. The lowest BCUT2D eigenvalue weighted by molar-refractivity contribution is -0.122. The largest absolute Gasteiger partial charge is 0.385 e. The average Bonchev–Trinajstić information content (AvgIpc) is 3.07. The first kappa shape index (κ1) is 14.5. The number of methoxy groups -OCH3 is 1. The van der Waals surface area contributed by atoms with E-state index in [-0.39, 0.29) is 17.4 Å². The summed E-state index contributed by atoms with van der Waals surface area (Å²) >= 11 is 0. The Balaban J connectivity index is 2.17. The van der Waals surface area contributed by atoms with Gasteiger partial charge in [-0.1, -0.05) is 13.8 Å². The first-order valence-electron chi connectivity index (χ1n) is 6.46. The molecule has 1 aliphatic rings. The molecular weight excluding hydrogens is 216 g/mol. The topological polar surface area (TPSA) is 64.3 Å². The van der Waals surface area contributed by atoms with E-state index in [2.05, 4.69) is 19.2 Å². The summed E-state index contributed by atoms with van der Waals surface area (Å²) in [6.45, 7) is 5.68. The van der Waals surface area contributed by atoms with Crippen LogP contribution in [0.4, 0.5) is 0 Å². The maximum atomic E-state index is 11.7. The molecule has 0 aromatic rings. The molecule has 0 radical (unpaired) electrons. The molecule has 0 bridgehead atoms. The Kier molecular flexibility index (Phi) is 5.40. The van der Waals surface area contributed by atoms with Crippen molar-refractivity contribution in [2.75, 3.05) is 20.3 Å². The van der Waals surface area contributed by atoms with E-state index in [1.807, 2.05) is 0 Å². The van der Waals surface area contributed by atoms with Gasteiger partial charge in [0.2, 0.25) is 5.91 Å². The van der Waals surface area contributed by atoms with Crippen molar-refractivity contribution >= 4 is 5.91 Å². The highest BCUT2D eigenvalue weighted by molar-refractivity contribution is 5.76. The first-order valence-corrected chi connectivity index (χ1v) is 6.46. The molecule has 0 spiro atoms. The van der Waals surface area contributed by atoms with Gasteiger partial charge in [-0.15, -0.1) is 0 Å². The molecule has 0 aliphatic heterocycles. The van der Waals surface area contributed by atoms with Crippen molar-refractivity contribution in [3.05, 3.63) is 0 Å². The van der Waals surface area contributed by atoms with Crippen molar-refractivity contribution in [1.29, 1.82) is 0 Å². The van der Waals surface area contributed by atoms with Gasteiger partial charge in [0.1, 0.15) is 0 Å². The van der Waals surface area contributed by atoms with Gasteiger partial charge in [0.25, 0.3) is 0 Å². The normalized spacial score (nSPS) is 17.9. The number of ether oxygens (including phenoxy) is 1. The van der Waals surface area contributed by atoms with Crippen LogP contribution in [0.1, 0.15) is 39.5 Å². The van der Waals surface area contributed by atoms with E-state index < -0.39 is 0 Å². The SMILES string of the molecule is COCCC(C)(C)CNC(=O)CC(N)C1CC1. The summed E-state index contributed by atoms with van der Waals surface area (Å²) in [6, 6.07) is 0.0529. The predicted molar refractivity (Wildman–Crippen MR) is 68.6 cm³/mol. The summed E-state index contributed by atoms with van der Waals surface area (Å²) in [7, 11) is 1.70. The first-order chi connectivity index (χ1) is 7.94. The van der Waals surface area contributed by atoms with Crippen LogP contribution in [0.3, 0.4) is 0 Å². The van der Waals surface area contributed by atoms with Crippen LogP contribution in [0, 0.1) is 11.3 Å². The van der Waals surface area contributed by atoms with E-state index in [4.69, 9.17) is 10.5 Å². The van der Waals surface area contributed by atoms with Gasteiger partial charge in [0, 0.05) is 32.7 Å². The van der Waals surface area contributed by atoms with Crippen LogP contribution < -0.4 is 11.1 Å². The summed E-state index contributed by atoms with van der Waals surface area (Å²) in [5.41, 5.74) is 6.00. The molecule has 1 atom stereocenters. The summed E-state index contributed by atoms with van der Waals surface area (Å²) in [5.74, 6) is 0.664. The number of hydrogen-bond donors (Lipinski definition) is 2. The molecule has 4 nitrogen and oxygen atoms in total. The lowest BCUT2D eigenvalue weighted by Crippen LogP contribution is -2.38. The molecule has 3 N–H and O–H groups in total. The maximum absolute atomic E-state index is 11.7. The van der Waals surface area contributed by atoms with Gasteiger partial charge in [-0.3, -0.25) is 4.79 Å². The molecule has 17 heavy (non-hydrogen) atoms. The number of nitrogens with two attached hydrogens (primary N) is 1. The summed E-state index contributed by atoms with van der Waals surface area (Å²) in [6.07, 6.45) is 3.78. The van der Waals surface area contributed by atoms with Crippen LogP contribution >= 0.6 is 0 Å². The third-order valence-electron chi connectivity index (χ3n) is 3.40. The predicted octanol–water partition coefficient (Wildman–Crippen LogP) is 1.29. The minimum Gasteiger partial charge on any atom is -0.385 e. The third kappa shape index (κ3) is 6.03. The van der Waals surface area contributed by atoms with E-state index in [0.29, 0.717) is 18.9 Å². The highest BCUT2D eigenvalue weighted by atomic mass is 16.5. The molecule has 1 aliphatic carbocycles. The number of carbonyl (C=O) groups excluding carboxylic acids is 1. The summed E-state index contributed by atoms with van der Waals surface area (Å²) in [4.78, 5) is 11.7. The molecular formula is C13H26N2O2. The zero-order chi connectivity index (χ0) is 12.9. The van der Waals surface area contributed by atoms with E-state index in [0.717, 1.165) is 13.0 Å². The van der Waals surface area contributed by atoms with Crippen molar-refractivity contribution in [3.8, 4) is 0 Å². The Morgan fingerprint density at radius 3 is 2.71 bits per heavy atom. The van der Waals surface area contributed by atoms with E-state index in [9.17, 15) is 4.79 Å². The van der Waals surface area contributed by atoms with E-state index >= 15 is 0 Å². The number of nitrogens with one attached hydrogen (secondary N) is 1. The molecule has 1 saturated carbocycles. The fraction of sp³-hybridized carbons (Fsp3) is 0.923. The Morgan fingerprint density at radius 1 is 1.53 bits per heavy atom. The highest BCUT2D eigenvalue weighted by Crippen LogP contribution is 2.32. The Hall–Kier alpha value is -0.610. The number of carbonyl (C=O) groups is 1. The lowest BCUT2D eigenvalue weighted by atomic mass is 9.89. The molecule has 4 heteroatoms. The third-order valence-corrected chi connectivity index (χ3v) is 3.40. The number of rotatable bonds is 8. The minimum atomic E-state index is 0.0529. The molecule has 0 heterocycles. The Labute approximate surface area is 104 Å². The zero-order valence-corrected chi connectivity index (χ0v) is 11.3. The van der Waals surface area contributed by atoms with Crippen molar-refractivity contribution < 1.29 is 9.53 Å². The van der Waals surface area contributed by atoms with Crippen LogP contribution in [-0.2, 0) is 9.53 Å². The second kappa shape index (κ2) is 6.36. The van der Waals surface area contributed by atoms with Crippen molar-refractivity contribution in [2.45, 2.75) is 45.6 Å². The molecule has 1 fully saturated rings. The van der Waals surface area contributed by atoms with Crippen molar-refractivity contribution in [2.24, 2.45) is 17.1 Å². The van der Waals surface area contributed by atoms with Gasteiger partial charge < -0.3 is 15.8 Å². The van der Waals surface area contributed by atoms with Crippen LogP contribution in [-0.4, -0.2) is 32.2 Å². The van der Waals surface area contributed by atoms with Crippen LogP contribution in [0.2, 0.25) is 0 Å². The molecule has 1 unspecified atom stereocenters. The number of amides is 1. The molecule has 1 rings (SSSR count). The van der Waals surface area contributed by atoms with E-state index in [1.54, 1.807) is 7.11 Å². The Morgan fingerprint density at radius 2 is 2.18 bits per heavy atom. The van der Waals surface area contributed by atoms with Gasteiger partial charge in [-0.2, -0.15) is 0 Å². The molecule has 0 aromatic carbocycles. The average molecular weight is 242 g/mol. The molecule has 0 saturated heterocycles. The summed E-state index contributed by atoms with van der Waals surface area (Å²) < 4.78 is 5.06. The monoisotopic (exact) mass is 242 g/mol. The van der Waals surface area contributed by atoms with Crippen molar-refractivity contribution in [3.63, 3.8) is 0 Å². The quantitative estimate of drug-likeness (QED) is 0.674. The zero-order valence-electron chi connectivity index (χ0n) is 11.3. The molecule has 1 amide bonds. The van der Waals surface area contributed by atoms with Crippen LogP contribution in [0.5, 0.6) is 0 Å². The van der Waals surface area contributed by atoms with Gasteiger partial charge in [-0.05, 0) is 30.6 Å². The van der Waals surface area contributed by atoms with Crippen LogP contribution in [0.15, 0.2) is 0 Å². The molecule has 0 aromatic heterocycles. The Bertz CT molecular complexity index is 250. The number of hydrogen-bond acceptors (Lipinski definition) is 3. The maximum Gasteiger partial charge on any atom is 0.221 e. The van der Waals surface area contributed by atoms with Gasteiger partial charge >= 0.3 is 0 Å². The lowest BCUT2D eigenvalue weighted by Gasteiger charge is -2.25. The second-order valence-electron chi connectivity index (χ2n) is 5.89. The fourth-order valence-electron chi connectivity index (χ4n) is 1.78. The van der Waals surface area contributed by atoms with Crippen molar-refractivity contribution in [1.82, 2.24) is 5.32 Å². The van der Waals surface area contributed by atoms with Gasteiger partial charge in [0.05, 0.1) is 0 Å². The standard InChI is InChI=1S/C13H26N2O2/c1-13(2,6-7-17-3)9-15-12(16)8-11(14)10-4-5-10/h10-11H,4-9,14H2,1-3H3,(H,15,16). The highest BCUT2D eigenvalue weighted by Gasteiger charge is 2.30. The van der Waals surface area contributed by atoms with Gasteiger partial charge in [0.15, 0.2) is 0 Å².